The molecule has 0 spiro atoms. The van der Waals surface area contributed by atoms with Crippen LogP contribution in [0.4, 0.5) is 0 Å². The maximum atomic E-state index is 12.1. The van der Waals surface area contributed by atoms with Crippen molar-refractivity contribution in [3.8, 4) is 0 Å². The highest BCUT2D eigenvalue weighted by Gasteiger charge is 2.16. The van der Waals surface area contributed by atoms with Crippen molar-refractivity contribution in [1.82, 2.24) is 0 Å². The lowest BCUT2D eigenvalue weighted by Crippen LogP contribution is -2.23. The molecule has 0 saturated heterocycles. The third-order valence-corrected chi connectivity index (χ3v) is 4.91. The van der Waals surface area contributed by atoms with Crippen molar-refractivity contribution in [3.05, 3.63) is 29.8 Å². The molecule has 22 heavy (non-hydrogen) atoms. The predicted molar refractivity (Wildman–Crippen MR) is 87.5 cm³/mol. The summed E-state index contributed by atoms with van der Waals surface area (Å²) in [5.74, 6) is -0.112. The zero-order chi connectivity index (χ0) is 16.8. The third kappa shape index (κ3) is 7.07. The van der Waals surface area contributed by atoms with Crippen LogP contribution in [0.1, 0.15) is 52.0 Å². The number of carbonyl (C=O) groups excluding carboxylic acids is 1. The molecule has 0 fully saturated rings. The average Bonchev–Trinajstić information content (AvgIpc) is 2.36. The molecule has 0 bridgehead atoms. The van der Waals surface area contributed by atoms with E-state index in [2.05, 4.69) is 0 Å². The fourth-order valence-corrected chi connectivity index (χ4v) is 3.36. The molecule has 0 radical (unpaired) electrons. The van der Waals surface area contributed by atoms with Gasteiger partial charge in [0.2, 0.25) is 0 Å². The van der Waals surface area contributed by atoms with Crippen molar-refractivity contribution in [2.24, 2.45) is 0 Å². The van der Waals surface area contributed by atoms with E-state index in [1.807, 2.05) is 27.7 Å². The predicted octanol–water partition coefficient (Wildman–Crippen LogP) is 3.67. The van der Waals surface area contributed by atoms with E-state index in [-0.39, 0.29) is 11.7 Å². The minimum absolute atomic E-state index is 0.115. The van der Waals surface area contributed by atoms with Gasteiger partial charge in [0, 0.05) is 6.42 Å². The fourth-order valence-electron chi connectivity index (χ4n) is 1.99. The molecule has 0 unspecified atom stereocenters. The topological polar surface area (TPSA) is 60.4 Å². The Labute approximate surface area is 133 Å². The molecule has 5 heteroatoms. The van der Waals surface area contributed by atoms with Crippen LogP contribution in [0.5, 0.6) is 0 Å². The second-order valence-corrected chi connectivity index (χ2v) is 8.64. The molecule has 0 aromatic heterocycles. The van der Waals surface area contributed by atoms with Gasteiger partial charge in [-0.05, 0) is 52.7 Å². The normalized spacial score (nSPS) is 12.2. The Morgan fingerprint density at radius 1 is 1.05 bits per heavy atom. The van der Waals surface area contributed by atoms with Gasteiger partial charge in [0.15, 0.2) is 9.84 Å². The van der Waals surface area contributed by atoms with E-state index in [0.29, 0.717) is 30.6 Å². The van der Waals surface area contributed by atoms with Gasteiger partial charge in [-0.1, -0.05) is 24.1 Å². The van der Waals surface area contributed by atoms with E-state index < -0.39 is 15.4 Å². The summed E-state index contributed by atoms with van der Waals surface area (Å²) in [6.45, 7) is 7.42. The Hall–Kier alpha value is -1.36. The maximum absolute atomic E-state index is 12.1. The second kappa shape index (κ2) is 7.77. The number of ether oxygens (including phenoxy) is 1. The van der Waals surface area contributed by atoms with E-state index in [0.717, 1.165) is 5.56 Å². The number of sulfone groups is 1. The first-order valence-corrected chi connectivity index (χ1v) is 9.27. The van der Waals surface area contributed by atoms with E-state index in [1.54, 1.807) is 24.3 Å². The van der Waals surface area contributed by atoms with Gasteiger partial charge in [-0.25, -0.2) is 8.42 Å². The Bertz CT molecular complexity index is 580. The summed E-state index contributed by atoms with van der Waals surface area (Å²) in [7, 11) is -3.22. The van der Waals surface area contributed by atoms with Crippen molar-refractivity contribution >= 4 is 15.8 Å². The Morgan fingerprint density at radius 2 is 1.64 bits per heavy atom. The van der Waals surface area contributed by atoms with Crippen LogP contribution in [0.15, 0.2) is 29.2 Å². The molecular formula is C17H26O4S. The van der Waals surface area contributed by atoms with Crippen LogP contribution >= 0.6 is 0 Å². The molecular weight excluding hydrogens is 300 g/mol. The number of benzene rings is 1. The summed E-state index contributed by atoms with van der Waals surface area (Å²) in [5.41, 5.74) is 0.572. The van der Waals surface area contributed by atoms with Gasteiger partial charge in [0.05, 0.1) is 10.6 Å². The average molecular weight is 326 g/mol. The van der Waals surface area contributed by atoms with Crippen molar-refractivity contribution in [1.29, 1.82) is 0 Å². The number of unbranched alkanes of at least 4 members (excludes halogenated alkanes) is 2. The fraction of sp³-hybridized carbons (Fsp3) is 0.588. The molecule has 0 atom stereocenters. The minimum Gasteiger partial charge on any atom is -0.460 e. The minimum atomic E-state index is -3.22. The van der Waals surface area contributed by atoms with Crippen molar-refractivity contribution in [2.45, 2.75) is 63.9 Å². The SMILES string of the molecule is Cc1ccc(S(=O)(=O)CCCCCC(=O)OC(C)(C)C)cc1. The number of aryl methyl sites for hydroxylation is 1. The lowest BCUT2D eigenvalue weighted by molar-refractivity contribution is -0.154. The van der Waals surface area contributed by atoms with Gasteiger partial charge in [-0.2, -0.15) is 0 Å². The van der Waals surface area contributed by atoms with Crippen LogP contribution in [0, 0.1) is 6.92 Å². The number of hydrogen-bond acceptors (Lipinski definition) is 4. The van der Waals surface area contributed by atoms with Crippen molar-refractivity contribution in [2.75, 3.05) is 5.75 Å². The summed E-state index contributed by atoms with van der Waals surface area (Å²) in [4.78, 5) is 11.9. The summed E-state index contributed by atoms with van der Waals surface area (Å²) >= 11 is 0. The highest BCUT2D eigenvalue weighted by atomic mass is 32.2. The molecule has 1 rings (SSSR count). The zero-order valence-corrected chi connectivity index (χ0v) is 14.7. The van der Waals surface area contributed by atoms with Crippen molar-refractivity contribution in [3.63, 3.8) is 0 Å². The summed E-state index contributed by atoms with van der Waals surface area (Å²) < 4.78 is 29.5. The van der Waals surface area contributed by atoms with Crippen LogP contribution in [-0.4, -0.2) is 25.7 Å². The Morgan fingerprint density at radius 3 is 2.18 bits per heavy atom. The van der Waals surface area contributed by atoms with Gasteiger partial charge in [-0.3, -0.25) is 4.79 Å². The zero-order valence-electron chi connectivity index (χ0n) is 13.9. The maximum Gasteiger partial charge on any atom is 0.306 e. The van der Waals surface area contributed by atoms with Gasteiger partial charge in [0.1, 0.15) is 5.60 Å². The number of rotatable bonds is 7. The molecule has 4 nitrogen and oxygen atoms in total. The highest BCUT2D eigenvalue weighted by molar-refractivity contribution is 7.91. The van der Waals surface area contributed by atoms with Crippen LogP contribution in [0.3, 0.4) is 0 Å². The van der Waals surface area contributed by atoms with Crippen molar-refractivity contribution < 1.29 is 17.9 Å². The molecule has 0 aliphatic rings. The molecule has 0 N–H and O–H groups in total. The summed E-state index contributed by atoms with van der Waals surface area (Å²) in [5, 5.41) is 0. The number of esters is 1. The molecule has 0 saturated carbocycles. The van der Waals surface area contributed by atoms with Crippen LogP contribution < -0.4 is 0 Å². The number of hydrogen-bond donors (Lipinski definition) is 0. The Balaban J connectivity index is 2.32. The first-order valence-electron chi connectivity index (χ1n) is 7.61. The van der Waals surface area contributed by atoms with Gasteiger partial charge in [-0.15, -0.1) is 0 Å². The molecule has 0 aliphatic heterocycles. The van der Waals surface area contributed by atoms with E-state index in [4.69, 9.17) is 4.74 Å². The van der Waals surface area contributed by atoms with Crippen LogP contribution in [0.2, 0.25) is 0 Å². The standard InChI is InChI=1S/C17H26O4S/c1-14-9-11-15(12-10-14)22(19,20)13-7-5-6-8-16(18)21-17(2,3)4/h9-12H,5-8,13H2,1-4H3. The molecule has 1 aromatic carbocycles. The van der Waals surface area contributed by atoms with E-state index in [1.165, 1.54) is 0 Å². The first-order chi connectivity index (χ1) is 10.1. The summed E-state index contributed by atoms with van der Waals surface area (Å²) in [6.07, 6.45) is 2.24. The molecule has 124 valence electrons. The van der Waals surface area contributed by atoms with Gasteiger partial charge in [0.25, 0.3) is 0 Å². The second-order valence-electron chi connectivity index (χ2n) is 6.53. The van der Waals surface area contributed by atoms with Gasteiger partial charge < -0.3 is 4.74 Å². The molecule has 0 heterocycles. The third-order valence-electron chi connectivity index (χ3n) is 3.09. The van der Waals surface area contributed by atoms with Crippen LogP contribution in [-0.2, 0) is 19.4 Å². The first kappa shape index (κ1) is 18.7. The number of carbonyl (C=O) groups is 1. The monoisotopic (exact) mass is 326 g/mol. The highest BCUT2D eigenvalue weighted by Crippen LogP contribution is 2.15. The quantitative estimate of drug-likeness (QED) is 0.566. The lowest BCUT2D eigenvalue weighted by Gasteiger charge is -2.19. The van der Waals surface area contributed by atoms with Crippen LogP contribution in [0.25, 0.3) is 0 Å². The molecule has 0 aliphatic carbocycles. The smallest absolute Gasteiger partial charge is 0.306 e. The van der Waals surface area contributed by atoms with Gasteiger partial charge >= 0.3 is 5.97 Å². The lowest BCUT2D eigenvalue weighted by atomic mass is 10.2. The summed E-state index contributed by atoms with van der Waals surface area (Å²) in [6, 6.07) is 6.89. The van der Waals surface area contributed by atoms with E-state index in [9.17, 15) is 13.2 Å². The molecule has 0 amide bonds. The largest absolute Gasteiger partial charge is 0.460 e. The molecule has 1 aromatic rings. The van der Waals surface area contributed by atoms with E-state index >= 15 is 0 Å². The Kier molecular flexibility index (Phi) is 6.60.